The summed E-state index contributed by atoms with van der Waals surface area (Å²) in [7, 11) is 0. The highest BCUT2D eigenvalue weighted by atomic mass is 35.5. The highest BCUT2D eigenvalue weighted by Crippen LogP contribution is 2.23. The van der Waals surface area contributed by atoms with E-state index in [0.29, 0.717) is 23.8 Å². The van der Waals surface area contributed by atoms with E-state index >= 15 is 0 Å². The second-order valence-corrected chi connectivity index (χ2v) is 6.66. The second kappa shape index (κ2) is 7.13. The first-order valence-corrected chi connectivity index (χ1v) is 8.75. The Morgan fingerprint density at radius 1 is 1.22 bits per heavy atom. The number of H-pyrrole nitrogens is 2. The number of aromatic amines is 2. The van der Waals surface area contributed by atoms with Crippen LogP contribution in [0, 0.1) is 5.92 Å². The molecule has 0 aliphatic carbocycles. The molecule has 4 heterocycles. The molecule has 1 aliphatic heterocycles. The fourth-order valence-electron chi connectivity index (χ4n) is 3.51. The summed E-state index contributed by atoms with van der Waals surface area (Å²) < 4.78 is 7.11. The third-order valence-corrected chi connectivity index (χ3v) is 4.98. The van der Waals surface area contributed by atoms with E-state index in [1.807, 2.05) is 18.2 Å². The normalized spacial score (nSPS) is 15.3. The molecule has 27 heavy (non-hydrogen) atoms. The summed E-state index contributed by atoms with van der Waals surface area (Å²) >= 11 is 0. The number of aromatic nitrogens is 6. The molecule has 3 aromatic heterocycles. The van der Waals surface area contributed by atoms with E-state index in [-0.39, 0.29) is 18.1 Å². The summed E-state index contributed by atoms with van der Waals surface area (Å²) in [6, 6.07) is 5.91. The lowest BCUT2D eigenvalue weighted by Crippen LogP contribution is -2.26. The summed E-state index contributed by atoms with van der Waals surface area (Å²) in [5.74, 6) is 0.423. The van der Waals surface area contributed by atoms with Crippen LogP contribution in [0.3, 0.4) is 0 Å². The molecule has 1 fully saturated rings. The highest BCUT2D eigenvalue weighted by molar-refractivity contribution is 5.85. The number of benzene rings is 1. The molecule has 9 heteroatoms. The molecule has 0 bridgehead atoms. The Balaban J connectivity index is 0.00000180. The fourth-order valence-corrected chi connectivity index (χ4v) is 3.51. The molecule has 0 amide bonds. The zero-order chi connectivity index (χ0) is 17.5. The molecule has 0 unspecified atom stereocenters. The number of hydrogen-bond donors (Lipinski definition) is 2. The fraction of sp³-hybridized carbons (Fsp3) is 0.333. The van der Waals surface area contributed by atoms with Crippen molar-refractivity contribution in [3.63, 3.8) is 0 Å². The van der Waals surface area contributed by atoms with Gasteiger partial charge >= 0.3 is 5.69 Å². The van der Waals surface area contributed by atoms with Crippen molar-refractivity contribution in [2.24, 2.45) is 5.92 Å². The van der Waals surface area contributed by atoms with Crippen molar-refractivity contribution in [1.29, 1.82) is 0 Å². The molecule has 140 valence electrons. The quantitative estimate of drug-likeness (QED) is 0.563. The largest absolute Gasteiger partial charge is 0.381 e. The Morgan fingerprint density at radius 3 is 2.93 bits per heavy atom. The molecule has 1 aliphatic rings. The lowest BCUT2D eigenvalue weighted by Gasteiger charge is -2.21. The van der Waals surface area contributed by atoms with Crippen molar-refractivity contribution in [2.45, 2.75) is 19.4 Å². The van der Waals surface area contributed by atoms with E-state index in [2.05, 4.69) is 19.9 Å². The molecular weight excluding hydrogens is 368 g/mol. The van der Waals surface area contributed by atoms with Crippen LogP contribution in [-0.4, -0.2) is 42.7 Å². The molecule has 5 rings (SSSR count). The van der Waals surface area contributed by atoms with E-state index in [4.69, 9.17) is 9.72 Å². The van der Waals surface area contributed by atoms with Gasteiger partial charge in [0.15, 0.2) is 11.3 Å². The number of nitrogens with zero attached hydrogens (tertiary/aromatic N) is 4. The van der Waals surface area contributed by atoms with Gasteiger partial charge in [0, 0.05) is 25.3 Å². The molecule has 8 nitrogen and oxygen atoms in total. The number of hydrogen-bond acceptors (Lipinski definition) is 5. The van der Waals surface area contributed by atoms with Gasteiger partial charge < -0.3 is 9.72 Å². The van der Waals surface area contributed by atoms with Crippen molar-refractivity contribution in [2.75, 3.05) is 13.2 Å². The maximum Gasteiger partial charge on any atom is 0.328 e. The van der Waals surface area contributed by atoms with E-state index in [1.165, 1.54) is 0 Å². The minimum absolute atomic E-state index is 0. The van der Waals surface area contributed by atoms with Gasteiger partial charge in [-0.2, -0.15) is 0 Å². The summed E-state index contributed by atoms with van der Waals surface area (Å²) in [4.78, 5) is 31.7. The van der Waals surface area contributed by atoms with Crippen LogP contribution in [-0.2, 0) is 11.3 Å². The minimum atomic E-state index is -0.161. The number of halogens is 1. The van der Waals surface area contributed by atoms with Crippen LogP contribution in [0.4, 0.5) is 0 Å². The monoisotopic (exact) mass is 386 g/mol. The first-order chi connectivity index (χ1) is 12.8. The summed E-state index contributed by atoms with van der Waals surface area (Å²) in [6.07, 6.45) is 5.27. The molecular formula is C18H19ClN6O2. The van der Waals surface area contributed by atoms with Crippen LogP contribution in [0.25, 0.3) is 33.6 Å². The summed E-state index contributed by atoms with van der Waals surface area (Å²) in [6.45, 7) is 2.14. The lowest BCUT2D eigenvalue weighted by molar-refractivity contribution is 0.0613. The molecule has 0 atom stereocenters. The molecule has 2 N–H and O–H groups in total. The van der Waals surface area contributed by atoms with Crippen LogP contribution < -0.4 is 5.69 Å². The third kappa shape index (κ3) is 3.22. The SMILES string of the molecule is Cl.O=c1[nH]c2ncc(-c3ccc4[nH]cnc4c3)nc2n1CC1CCOCC1. The van der Waals surface area contributed by atoms with Gasteiger partial charge in [-0.05, 0) is 30.9 Å². The number of ether oxygens (including phenoxy) is 1. The predicted octanol–water partition coefficient (Wildman–Crippen LogP) is 2.51. The topological polar surface area (TPSA) is 101 Å². The van der Waals surface area contributed by atoms with Crippen LogP contribution in [0.15, 0.2) is 35.5 Å². The average molecular weight is 387 g/mol. The van der Waals surface area contributed by atoms with Gasteiger partial charge in [0.2, 0.25) is 0 Å². The Morgan fingerprint density at radius 2 is 2.07 bits per heavy atom. The zero-order valence-electron chi connectivity index (χ0n) is 14.5. The smallest absolute Gasteiger partial charge is 0.328 e. The Bertz CT molecular complexity index is 1140. The van der Waals surface area contributed by atoms with Gasteiger partial charge in [0.25, 0.3) is 0 Å². The molecule has 4 aromatic rings. The van der Waals surface area contributed by atoms with E-state index in [9.17, 15) is 4.79 Å². The van der Waals surface area contributed by atoms with Gasteiger partial charge in [-0.25, -0.2) is 19.7 Å². The standard InChI is InChI=1S/C18H18N6O2.ClH/c25-18-23-16-17(24(18)9-11-3-5-26-6-4-11)22-15(8-19-16)12-1-2-13-14(7-12)21-10-20-13;/h1-2,7-8,10-11H,3-6,9H2,(H,20,21)(H,19,23,25);1H. The lowest BCUT2D eigenvalue weighted by atomic mass is 10.0. The van der Waals surface area contributed by atoms with Gasteiger partial charge in [0.1, 0.15) is 0 Å². The van der Waals surface area contributed by atoms with Gasteiger partial charge in [-0.3, -0.25) is 9.55 Å². The van der Waals surface area contributed by atoms with Gasteiger partial charge in [0.05, 0.1) is 29.3 Å². The number of rotatable bonds is 3. The van der Waals surface area contributed by atoms with Crippen molar-refractivity contribution in [3.05, 3.63) is 41.2 Å². The number of nitrogens with one attached hydrogen (secondary N) is 2. The van der Waals surface area contributed by atoms with E-state index < -0.39 is 0 Å². The Labute approximate surface area is 160 Å². The minimum Gasteiger partial charge on any atom is -0.381 e. The van der Waals surface area contributed by atoms with E-state index in [1.54, 1.807) is 17.1 Å². The number of fused-ring (bicyclic) bond motifs is 2. The molecule has 0 saturated carbocycles. The maximum atomic E-state index is 12.4. The first-order valence-electron chi connectivity index (χ1n) is 8.75. The molecule has 1 saturated heterocycles. The average Bonchev–Trinajstić information content (AvgIpc) is 3.26. The van der Waals surface area contributed by atoms with Crippen molar-refractivity contribution < 1.29 is 4.74 Å². The number of imidazole rings is 2. The van der Waals surface area contributed by atoms with Crippen LogP contribution >= 0.6 is 12.4 Å². The molecule has 0 radical (unpaired) electrons. The van der Waals surface area contributed by atoms with E-state index in [0.717, 1.165) is 48.3 Å². The summed E-state index contributed by atoms with van der Waals surface area (Å²) in [5, 5.41) is 0. The van der Waals surface area contributed by atoms with Crippen LogP contribution in [0.2, 0.25) is 0 Å². The van der Waals surface area contributed by atoms with Gasteiger partial charge in [-0.1, -0.05) is 6.07 Å². The predicted molar refractivity (Wildman–Crippen MR) is 104 cm³/mol. The van der Waals surface area contributed by atoms with Crippen molar-refractivity contribution in [3.8, 4) is 11.3 Å². The van der Waals surface area contributed by atoms with Gasteiger partial charge in [-0.15, -0.1) is 12.4 Å². The molecule has 0 spiro atoms. The van der Waals surface area contributed by atoms with Crippen LogP contribution in [0.5, 0.6) is 0 Å². The molecule has 1 aromatic carbocycles. The first kappa shape index (κ1) is 17.7. The van der Waals surface area contributed by atoms with Crippen LogP contribution in [0.1, 0.15) is 12.8 Å². The summed E-state index contributed by atoms with van der Waals surface area (Å²) in [5.41, 5.74) is 4.45. The highest BCUT2D eigenvalue weighted by Gasteiger charge is 2.18. The van der Waals surface area contributed by atoms with Crippen molar-refractivity contribution >= 4 is 34.7 Å². The maximum absolute atomic E-state index is 12.4. The Kier molecular flexibility index (Phi) is 4.67. The third-order valence-electron chi connectivity index (χ3n) is 4.98. The van der Waals surface area contributed by atoms with Crippen molar-refractivity contribution in [1.82, 2.24) is 29.5 Å². The zero-order valence-corrected chi connectivity index (χ0v) is 15.3. The second-order valence-electron chi connectivity index (χ2n) is 6.66. The Hall–Kier alpha value is -2.71.